The van der Waals surface area contributed by atoms with Crippen LogP contribution in [0.2, 0.25) is 0 Å². The van der Waals surface area contributed by atoms with Gasteiger partial charge in [-0.15, -0.1) is 5.10 Å². The fourth-order valence-corrected chi connectivity index (χ4v) is 3.18. The summed E-state index contributed by atoms with van der Waals surface area (Å²) in [5, 5.41) is 14.3. The highest BCUT2D eigenvalue weighted by Crippen LogP contribution is 2.19. The van der Waals surface area contributed by atoms with E-state index < -0.39 is 0 Å². The Morgan fingerprint density at radius 3 is 2.78 bits per heavy atom. The smallest absolute Gasteiger partial charge is 0.276 e. The number of benzene rings is 1. The van der Waals surface area contributed by atoms with Gasteiger partial charge in [-0.3, -0.25) is 9.59 Å². The second-order valence-electron chi connectivity index (χ2n) is 7.02. The summed E-state index contributed by atoms with van der Waals surface area (Å²) in [7, 11) is 1.59. The number of hydrogen-bond donors (Lipinski definition) is 2. The zero-order valence-electron chi connectivity index (χ0n) is 16.0. The van der Waals surface area contributed by atoms with E-state index >= 15 is 0 Å². The Morgan fingerprint density at radius 2 is 2.04 bits per heavy atom. The Kier molecular flexibility index (Phi) is 5.85. The third-order valence-electron chi connectivity index (χ3n) is 5.02. The van der Waals surface area contributed by atoms with E-state index in [4.69, 9.17) is 0 Å². The van der Waals surface area contributed by atoms with Gasteiger partial charge in [-0.1, -0.05) is 17.3 Å². The molecule has 144 valence electrons. The van der Waals surface area contributed by atoms with Crippen molar-refractivity contribution in [2.24, 2.45) is 0 Å². The summed E-state index contributed by atoms with van der Waals surface area (Å²) in [4.78, 5) is 26.2. The Hall–Kier alpha value is -2.74. The second-order valence-corrected chi connectivity index (χ2v) is 7.02. The molecule has 0 radical (unpaired) electrons. The van der Waals surface area contributed by atoms with E-state index in [2.05, 4.69) is 20.9 Å². The maximum atomic E-state index is 12.6. The molecule has 0 saturated carbocycles. The van der Waals surface area contributed by atoms with Gasteiger partial charge in [0.05, 0.1) is 18.8 Å². The van der Waals surface area contributed by atoms with Crippen LogP contribution in [0.15, 0.2) is 24.4 Å². The third kappa shape index (κ3) is 4.51. The molecule has 2 heterocycles. The van der Waals surface area contributed by atoms with E-state index in [-0.39, 0.29) is 30.1 Å². The minimum absolute atomic E-state index is 0.0492. The summed E-state index contributed by atoms with van der Waals surface area (Å²) in [6, 6.07) is 6.00. The van der Waals surface area contributed by atoms with Crippen LogP contribution >= 0.6 is 0 Å². The molecular formula is C19H26N6O2. The average Bonchev–Trinajstić information content (AvgIpc) is 3.15. The fourth-order valence-electron chi connectivity index (χ4n) is 3.18. The molecule has 2 aromatic rings. The average molecular weight is 370 g/mol. The molecule has 1 aromatic carbocycles. The topological polar surface area (TPSA) is 92.2 Å². The maximum Gasteiger partial charge on any atom is 0.276 e. The summed E-state index contributed by atoms with van der Waals surface area (Å²) >= 11 is 0. The van der Waals surface area contributed by atoms with Crippen molar-refractivity contribution in [1.82, 2.24) is 25.2 Å². The highest BCUT2D eigenvalue weighted by Gasteiger charge is 2.22. The van der Waals surface area contributed by atoms with E-state index in [0.29, 0.717) is 0 Å². The number of aryl methyl sites for hydroxylation is 1. The Bertz CT molecular complexity index is 825. The number of carbonyl (C=O) groups excluding carboxylic acids is 2. The van der Waals surface area contributed by atoms with Crippen molar-refractivity contribution in [1.29, 1.82) is 0 Å². The zero-order valence-corrected chi connectivity index (χ0v) is 16.0. The summed E-state index contributed by atoms with van der Waals surface area (Å²) in [6.45, 7) is 5.77. The van der Waals surface area contributed by atoms with Crippen molar-refractivity contribution in [2.75, 3.05) is 32.0 Å². The van der Waals surface area contributed by atoms with Crippen molar-refractivity contribution in [3.63, 3.8) is 0 Å². The number of piperidine rings is 1. The predicted molar refractivity (Wildman–Crippen MR) is 103 cm³/mol. The molecule has 1 aliphatic rings. The lowest BCUT2D eigenvalue weighted by atomic mass is 10.1. The molecule has 2 amide bonds. The van der Waals surface area contributed by atoms with E-state index in [1.807, 2.05) is 32.0 Å². The molecule has 1 aromatic heterocycles. The SMILES string of the molecule is Cc1cccc(NC(=O)CN(C)C(=O)c2cn(C3CCNCC3)nn2)c1C. The molecular weight excluding hydrogens is 344 g/mol. The van der Waals surface area contributed by atoms with Crippen LogP contribution in [0.5, 0.6) is 0 Å². The van der Waals surface area contributed by atoms with Gasteiger partial charge in [0, 0.05) is 12.7 Å². The lowest BCUT2D eigenvalue weighted by Crippen LogP contribution is -2.35. The monoisotopic (exact) mass is 370 g/mol. The van der Waals surface area contributed by atoms with Crippen LogP contribution in [-0.2, 0) is 4.79 Å². The number of carbonyl (C=O) groups is 2. The van der Waals surface area contributed by atoms with Crippen LogP contribution in [-0.4, -0.2) is 58.4 Å². The third-order valence-corrected chi connectivity index (χ3v) is 5.02. The van der Waals surface area contributed by atoms with Gasteiger partial charge < -0.3 is 15.5 Å². The van der Waals surface area contributed by atoms with Crippen LogP contribution in [0, 0.1) is 13.8 Å². The van der Waals surface area contributed by atoms with Crippen molar-refractivity contribution < 1.29 is 9.59 Å². The molecule has 2 N–H and O–H groups in total. The van der Waals surface area contributed by atoms with E-state index in [1.165, 1.54) is 4.90 Å². The van der Waals surface area contributed by atoms with Gasteiger partial charge in [-0.05, 0) is 57.0 Å². The molecule has 8 heteroatoms. The maximum absolute atomic E-state index is 12.6. The first kappa shape index (κ1) is 19.0. The van der Waals surface area contributed by atoms with Gasteiger partial charge >= 0.3 is 0 Å². The largest absolute Gasteiger partial charge is 0.331 e. The van der Waals surface area contributed by atoms with Crippen LogP contribution in [0.25, 0.3) is 0 Å². The Balaban J connectivity index is 1.59. The van der Waals surface area contributed by atoms with Crippen LogP contribution in [0.1, 0.15) is 40.5 Å². The molecule has 0 aliphatic carbocycles. The molecule has 0 bridgehead atoms. The number of hydrogen-bond acceptors (Lipinski definition) is 5. The molecule has 1 fully saturated rings. The Morgan fingerprint density at radius 1 is 1.30 bits per heavy atom. The van der Waals surface area contributed by atoms with E-state index in [9.17, 15) is 9.59 Å². The van der Waals surface area contributed by atoms with Gasteiger partial charge in [0.1, 0.15) is 0 Å². The van der Waals surface area contributed by atoms with E-state index in [0.717, 1.165) is 42.7 Å². The van der Waals surface area contributed by atoms with Crippen molar-refractivity contribution >= 4 is 17.5 Å². The number of nitrogens with one attached hydrogen (secondary N) is 2. The molecule has 0 spiro atoms. The zero-order chi connectivity index (χ0) is 19.4. The number of anilines is 1. The summed E-state index contributed by atoms with van der Waals surface area (Å²) in [5.74, 6) is -0.559. The lowest BCUT2D eigenvalue weighted by molar-refractivity contribution is -0.116. The molecule has 27 heavy (non-hydrogen) atoms. The molecule has 3 rings (SSSR count). The molecule has 8 nitrogen and oxygen atoms in total. The lowest BCUT2D eigenvalue weighted by Gasteiger charge is -2.22. The van der Waals surface area contributed by atoms with Gasteiger partial charge in [0.25, 0.3) is 5.91 Å². The first-order valence-electron chi connectivity index (χ1n) is 9.20. The van der Waals surface area contributed by atoms with Gasteiger partial charge in [0.2, 0.25) is 5.91 Å². The number of amides is 2. The van der Waals surface area contributed by atoms with Gasteiger partial charge in [-0.25, -0.2) is 4.68 Å². The van der Waals surface area contributed by atoms with Crippen LogP contribution in [0.3, 0.4) is 0 Å². The van der Waals surface area contributed by atoms with Crippen LogP contribution < -0.4 is 10.6 Å². The van der Waals surface area contributed by atoms with Crippen molar-refractivity contribution in [3.05, 3.63) is 41.2 Å². The molecule has 1 saturated heterocycles. The standard InChI is InChI=1S/C19H26N6O2/c1-13-5-4-6-16(14(13)2)21-18(26)12-24(3)19(27)17-11-25(23-22-17)15-7-9-20-10-8-15/h4-6,11,15,20H,7-10,12H2,1-3H3,(H,21,26). The van der Waals surface area contributed by atoms with Gasteiger partial charge in [0.15, 0.2) is 5.69 Å². The second kappa shape index (κ2) is 8.30. The number of likely N-dealkylation sites (N-methyl/N-ethyl adjacent to an activating group) is 1. The predicted octanol–water partition coefficient (Wildman–Crippen LogP) is 1.53. The quantitative estimate of drug-likeness (QED) is 0.833. The molecule has 0 unspecified atom stereocenters. The Labute approximate surface area is 158 Å². The minimum atomic E-state index is -0.314. The molecule has 0 atom stereocenters. The molecule has 1 aliphatic heterocycles. The number of aromatic nitrogens is 3. The normalized spacial score (nSPS) is 14.8. The first-order chi connectivity index (χ1) is 13.0. The van der Waals surface area contributed by atoms with Crippen LogP contribution in [0.4, 0.5) is 5.69 Å². The fraction of sp³-hybridized carbons (Fsp3) is 0.474. The summed E-state index contributed by atoms with van der Waals surface area (Å²) in [5.41, 5.74) is 3.14. The van der Waals surface area contributed by atoms with E-state index in [1.54, 1.807) is 17.9 Å². The minimum Gasteiger partial charge on any atom is -0.331 e. The number of nitrogens with zero attached hydrogens (tertiary/aromatic N) is 4. The first-order valence-corrected chi connectivity index (χ1v) is 9.20. The van der Waals surface area contributed by atoms with Gasteiger partial charge in [-0.2, -0.15) is 0 Å². The summed E-state index contributed by atoms with van der Waals surface area (Å²) < 4.78 is 1.76. The summed E-state index contributed by atoms with van der Waals surface area (Å²) in [6.07, 6.45) is 3.60. The number of rotatable bonds is 5. The highest BCUT2D eigenvalue weighted by molar-refractivity contribution is 5.98. The van der Waals surface area contributed by atoms with Crippen molar-refractivity contribution in [2.45, 2.75) is 32.7 Å². The highest BCUT2D eigenvalue weighted by atomic mass is 16.2. The van der Waals surface area contributed by atoms with Crippen molar-refractivity contribution in [3.8, 4) is 0 Å².